The molecule has 4 nitrogen and oxygen atoms in total. The monoisotopic (exact) mass is 347 g/mol. The summed E-state index contributed by atoms with van der Waals surface area (Å²) in [4.78, 5) is 12.3. The van der Waals surface area contributed by atoms with Crippen LogP contribution in [0.15, 0.2) is 47.6 Å². The van der Waals surface area contributed by atoms with Crippen molar-refractivity contribution in [3.63, 3.8) is 0 Å². The molecule has 2 aromatic rings. The van der Waals surface area contributed by atoms with Crippen LogP contribution >= 0.6 is 23.2 Å². The average Bonchev–Trinajstić information content (AvgIpc) is 3.03. The van der Waals surface area contributed by atoms with Crippen molar-refractivity contribution >= 4 is 40.5 Å². The van der Waals surface area contributed by atoms with Gasteiger partial charge in [0.25, 0.3) is 0 Å². The Morgan fingerprint density at radius 2 is 1.91 bits per heavy atom. The van der Waals surface area contributed by atoms with E-state index in [1.165, 1.54) is 5.01 Å². The van der Waals surface area contributed by atoms with E-state index in [1.54, 1.807) is 12.1 Å². The fraction of sp³-hybridized carbons (Fsp3) is 0.176. The highest BCUT2D eigenvalue weighted by molar-refractivity contribution is 6.44. The molecule has 0 saturated heterocycles. The van der Waals surface area contributed by atoms with E-state index in [9.17, 15) is 4.79 Å². The molecule has 0 fully saturated rings. The smallest absolute Gasteiger partial charge is 0.247 e. The van der Waals surface area contributed by atoms with Gasteiger partial charge in [-0.15, -0.1) is 0 Å². The zero-order valence-electron chi connectivity index (χ0n) is 12.3. The lowest BCUT2D eigenvalue weighted by atomic mass is 10.1. The Balaban J connectivity index is 1.78. The van der Waals surface area contributed by atoms with Crippen molar-refractivity contribution in [1.82, 2.24) is 5.01 Å². The molecule has 0 aliphatic carbocycles. The normalized spacial score (nSPS) is 14.0. The molecule has 3 rings (SSSR count). The van der Waals surface area contributed by atoms with Crippen LogP contribution in [0.1, 0.15) is 17.5 Å². The number of halogens is 2. The van der Waals surface area contributed by atoms with Crippen LogP contribution in [0.25, 0.3) is 0 Å². The van der Waals surface area contributed by atoms with Gasteiger partial charge in [-0.1, -0.05) is 53.5 Å². The number of anilines is 1. The number of nitrogen functional groups attached to an aromatic ring is 1. The third kappa shape index (κ3) is 3.33. The van der Waals surface area contributed by atoms with Crippen molar-refractivity contribution in [2.24, 2.45) is 5.10 Å². The predicted octanol–water partition coefficient (Wildman–Crippen LogP) is 3.75. The molecule has 0 spiro atoms. The second-order valence-corrected chi connectivity index (χ2v) is 6.08. The molecular weight excluding hydrogens is 333 g/mol. The molecule has 1 aliphatic heterocycles. The van der Waals surface area contributed by atoms with Crippen molar-refractivity contribution in [2.75, 3.05) is 12.3 Å². The molecule has 0 saturated carbocycles. The molecule has 1 aliphatic rings. The first-order valence-corrected chi connectivity index (χ1v) is 7.97. The maximum absolute atomic E-state index is 12.3. The van der Waals surface area contributed by atoms with Gasteiger partial charge in [0.2, 0.25) is 5.91 Å². The second-order valence-electron chi connectivity index (χ2n) is 5.30. The Morgan fingerprint density at radius 3 is 2.65 bits per heavy atom. The highest BCUT2D eigenvalue weighted by Gasteiger charge is 2.23. The van der Waals surface area contributed by atoms with E-state index < -0.39 is 0 Å². The zero-order valence-corrected chi connectivity index (χ0v) is 13.8. The van der Waals surface area contributed by atoms with E-state index in [2.05, 4.69) is 5.10 Å². The molecule has 0 aromatic heterocycles. The Kier molecular flexibility index (Phi) is 4.55. The molecular formula is C17H15Cl2N3O. The Morgan fingerprint density at radius 1 is 1.17 bits per heavy atom. The van der Waals surface area contributed by atoms with Gasteiger partial charge >= 0.3 is 0 Å². The number of nitrogens with two attached hydrogens (primary N) is 1. The Hall–Kier alpha value is -2.04. The van der Waals surface area contributed by atoms with Gasteiger partial charge in [0.05, 0.1) is 34.4 Å². The van der Waals surface area contributed by atoms with Gasteiger partial charge < -0.3 is 5.73 Å². The molecule has 23 heavy (non-hydrogen) atoms. The van der Waals surface area contributed by atoms with Crippen LogP contribution in [0.5, 0.6) is 0 Å². The van der Waals surface area contributed by atoms with Crippen LogP contribution < -0.4 is 5.73 Å². The lowest BCUT2D eigenvalue weighted by Crippen LogP contribution is -2.25. The third-order valence-electron chi connectivity index (χ3n) is 3.73. The SMILES string of the molecule is Nc1c(C2=NN(C(=O)Cc3ccccc3)CC2)ccc(Cl)c1Cl. The molecule has 6 heteroatoms. The van der Waals surface area contributed by atoms with Gasteiger partial charge in [0.1, 0.15) is 0 Å². The van der Waals surface area contributed by atoms with Gasteiger partial charge in [-0.05, 0) is 17.7 Å². The van der Waals surface area contributed by atoms with E-state index >= 15 is 0 Å². The minimum absolute atomic E-state index is 0.0372. The number of hydrogen-bond donors (Lipinski definition) is 1. The molecule has 0 atom stereocenters. The summed E-state index contributed by atoms with van der Waals surface area (Å²) in [5.74, 6) is -0.0372. The third-order valence-corrected chi connectivity index (χ3v) is 4.55. The molecule has 0 unspecified atom stereocenters. The van der Waals surface area contributed by atoms with Gasteiger partial charge in [0.15, 0.2) is 0 Å². The standard InChI is InChI=1S/C17H15Cl2N3O/c18-13-7-6-12(17(20)16(13)19)14-8-9-22(21-14)15(23)10-11-4-2-1-3-5-11/h1-7H,8-10,20H2. The maximum Gasteiger partial charge on any atom is 0.247 e. The first-order chi connectivity index (χ1) is 11.1. The van der Waals surface area contributed by atoms with Crippen molar-refractivity contribution < 1.29 is 4.79 Å². The number of hydrogen-bond acceptors (Lipinski definition) is 3. The molecule has 1 amide bonds. The van der Waals surface area contributed by atoms with Gasteiger partial charge in [-0.25, -0.2) is 5.01 Å². The van der Waals surface area contributed by atoms with E-state index in [1.807, 2.05) is 30.3 Å². The summed E-state index contributed by atoms with van der Waals surface area (Å²) in [6.07, 6.45) is 0.969. The lowest BCUT2D eigenvalue weighted by Gasteiger charge is -2.11. The van der Waals surface area contributed by atoms with Crippen LogP contribution in [0, 0.1) is 0 Å². The quantitative estimate of drug-likeness (QED) is 0.859. The van der Waals surface area contributed by atoms with E-state index in [-0.39, 0.29) is 5.91 Å². The number of hydrazone groups is 1. The molecule has 1 heterocycles. The number of rotatable bonds is 3. The topological polar surface area (TPSA) is 58.7 Å². The summed E-state index contributed by atoms with van der Waals surface area (Å²) in [5, 5.41) is 6.62. The molecule has 118 valence electrons. The summed E-state index contributed by atoms with van der Waals surface area (Å²) >= 11 is 12.0. The van der Waals surface area contributed by atoms with Crippen molar-refractivity contribution in [3.8, 4) is 0 Å². The van der Waals surface area contributed by atoms with Crippen LogP contribution in [-0.2, 0) is 11.2 Å². The second kappa shape index (κ2) is 6.60. The van der Waals surface area contributed by atoms with E-state index in [0.717, 1.165) is 16.8 Å². The zero-order chi connectivity index (χ0) is 16.4. The van der Waals surface area contributed by atoms with Crippen molar-refractivity contribution in [3.05, 3.63) is 63.6 Å². The first-order valence-electron chi connectivity index (χ1n) is 7.22. The van der Waals surface area contributed by atoms with E-state index in [4.69, 9.17) is 28.9 Å². The lowest BCUT2D eigenvalue weighted by molar-refractivity contribution is -0.130. The van der Waals surface area contributed by atoms with Gasteiger partial charge in [-0.3, -0.25) is 4.79 Å². The minimum Gasteiger partial charge on any atom is -0.397 e. The number of amides is 1. The largest absolute Gasteiger partial charge is 0.397 e. The molecule has 2 N–H and O–H groups in total. The number of nitrogens with zero attached hydrogens (tertiary/aromatic N) is 2. The number of benzene rings is 2. The maximum atomic E-state index is 12.3. The number of carbonyl (C=O) groups excluding carboxylic acids is 1. The summed E-state index contributed by atoms with van der Waals surface area (Å²) < 4.78 is 0. The van der Waals surface area contributed by atoms with Crippen molar-refractivity contribution in [2.45, 2.75) is 12.8 Å². The molecule has 2 aromatic carbocycles. The number of carbonyl (C=O) groups is 1. The average molecular weight is 348 g/mol. The van der Waals surface area contributed by atoms with Gasteiger partial charge in [0, 0.05) is 12.0 Å². The minimum atomic E-state index is -0.0372. The van der Waals surface area contributed by atoms with Crippen LogP contribution in [0.4, 0.5) is 5.69 Å². The fourth-order valence-corrected chi connectivity index (χ4v) is 2.84. The molecule has 0 radical (unpaired) electrons. The fourth-order valence-electron chi connectivity index (χ4n) is 2.51. The first kappa shape index (κ1) is 15.8. The highest BCUT2D eigenvalue weighted by atomic mass is 35.5. The summed E-state index contributed by atoms with van der Waals surface area (Å²) in [7, 11) is 0. The van der Waals surface area contributed by atoms with E-state index in [0.29, 0.717) is 35.1 Å². The summed E-state index contributed by atoms with van der Waals surface area (Å²) in [6, 6.07) is 13.1. The summed E-state index contributed by atoms with van der Waals surface area (Å²) in [6.45, 7) is 0.542. The van der Waals surface area contributed by atoms with Crippen LogP contribution in [0.3, 0.4) is 0 Å². The highest BCUT2D eigenvalue weighted by Crippen LogP contribution is 2.32. The van der Waals surface area contributed by atoms with Crippen LogP contribution in [0.2, 0.25) is 10.0 Å². The Labute approximate surface area is 144 Å². The van der Waals surface area contributed by atoms with Crippen molar-refractivity contribution in [1.29, 1.82) is 0 Å². The predicted molar refractivity (Wildman–Crippen MR) is 93.9 cm³/mol. The molecule has 0 bridgehead atoms. The Bertz CT molecular complexity index is 775. The van der Waals surface area contributed by atoms with Crippen LogP contribution in [-0.4, -0.2) is 23.2 Å². The summed E-state index contributed by atoms with van der Waals surface area (Å²) in [5.41, 5.74) is 8.86. The van der Waals surface area contributed by atoms with Gasteiger partial charge in [-0.2, -0.15) is 5.10 Å².